The van der Waals surface area contributed by atoms with Gasteiger partial charge in [-0.05, 0) is 24.6 Å². The highest BCUT2D eigenvalue weighted by Gasteiger charge is 2.14. The summed E-state index contributed by atoms with van der Waals surface area (Å²) in [6.07, 6.45) is 0. The zero-order valence-corrected chi connectivity index (χ0v) is 7.95. The Bertz CT molecular complexity index is 449. The molecule has 14 heavy (non-hydrogen) atoms. The highest BCUT2D eigenvalue weighted by Crippen LogP contribution is 2.36. The van der Waals surface area contributed by atoms with Gasteiger partial charge < -0.3 is 14.4 Å². The molecule has 0 aliphatic rings. The van der Waals surface area contributed by atoms with Gasteiger partial charge in [0, 0.05) is 0 Å². The Morgan fingerprint density at radius 3 is 2.36 bits per heavy atom. The average molecular weight is 220 g/mol. The Labute approximate surface area is 80.3 Å². The summed E-state index contributed by atoms with van der Waals surface area (Å²) in [5, 5.41) is 18.2. The molecule has 0 saturated heterocycles. The molecule has 0 aliphatic heterocycles. The van der Waals surface area contributed by atoms with E-state index in [0.29, 0.717) is 5.56 Å². The normalized spacial score (nSPS) is 11.3. The zero-order chi connectivity index (χ0) is 10.9. The van der Waals surface area contributed by atoms with Crippen molar-refractivity contribution in [3.8, 4) is 17.2 Å². The summed E-state index contributed by atoms with van der Waals surface area (Å²) in [6, 6.07) is 2.37. The van der Waals surface area contributed by atoms with Gasteiger partial charge in [0.25, 0.3) is 0 Å². The average Bonchev–Trinajstić information content (AvgIpc) is 1.96. The number of hydrogen-bond donors (Lipinski definition) is 3. The van der Waals surface area contributed by atoms with Crippen molar-refractivity contribution in [2.45, 2.75) is 6.92 Å². The van der Waals surface area contributed by atoms with Crippen LogP contribution in [-0.2, 0) is 10.4 Å². The summed E-state index contributed by atoms with van der Waals surface area (Å²) in [5.41, 5.74) is 0.471. The molecule has 0 spiro atoms. The molecule has 3 N–H and O–H groups in total. The number of benzene rings is 1. The Morgan fingerprint density at radius 2 is 1.86 bits per heavy atom. The van der Waals surface area contributed by atoms with E-state index in [9.17, 15) is 8.42 Å². The summed E-state index contributed by atoms with van der Waals surface area (Å²) < 4.78 is 33.0. The summed E-state index contributed by atoms with van der Waals surface area (Å²) in [4.78, 5) is 0. The lowest BCUT2D eigenvalue weighted by Gasteiger charge is -2.06. The van der Waals surface area contributed by atoms with Crippen LogP contribution in [0.4, 0.5) is 0 Å². The Morgan fingerprint density at radius 1 is 1.29 bits per heavy atom. The number of phenols is 2. The first-order valence-corrected chi connectivity index (χ1v) is 4.85. The molecule has 0 atom stereocenters. The standard InChI is InChI=1S/C7H8O6S/c1-4-2-5(8)7(9)6(3-4)13-14(10,11)12/h2-3,8-9H,1H3,(H,10,11,12). The van der Waals surface area contributed by atoms with E-state index in [0.717, 1.165) is 6.07 Å². The van der Waals surface area contributed by atoms with E-state index in [1.54, 1.807) is 6.92 Å². The maximum Gasteiger partial charge on any atom is 0.446 e. The highest BCUT2D eigenvalue weighted by molar-refractivity contribution is 7.81. The van der Waals surface area contributed by atoms with Crippen LogP contribution in [0.25, 0.3) is 0 Å². The molecular formula is C7H8O6S. The van der Waals surface area contributed by atoms with Crippen LogP contribution in [0, 0.1) is 6.92 Å². The van der Waals surface area contributed by atoms with Gasteiger partial charge >= 0.3 is 10.4 Å². The molecule has 78 valence electrons. The maximum absolute atomic E-state index is 10.3. The van der Waals surface area contributed by atoms with E-state index in [1.165, 1.54) is 6.07 Å². The number of rotatable bonds is 2. The van der Waals surface area contributed by atoms with Crippen LogP contribution in [0.1, 0.15) is 5.56 Å². The predicted octanol–water partition coefficient (Wildman–Crippen LogP) is 0.588. The molecular weight excluding hydrogens is 212 g/mol. The molecule has 6 nitrogen and oxygen atoms in total. The van der Waals surface area contributed by atoms with E-state index < -0.39 is 27.6 Å². The molecule has 1 aromatic rings. The van der Waals surface area contributed by atoms with Gasteiger partial charge in [0.2, 0.25) is 5.75 Å². The van der Waals surface area contributed by atoms with E-state index in [2.05, 4.69) is 4.18 Å². The van der Waals surface area contributed by atoms with Crippen molar-refractivity contribution in [2.75, 3.05) is 0 Å². The molecule has 0 aliphatic carbocycles. The number of phenolic OH excluding ortho intramolecular Hbond substituents is 2. The van der Waals surface area contributed by atoms with Crippen molar-refractivity contribution in [1.82, 2.24) is 0 Å². The van der Waals surface area contributed by atoms with E-state index in [4.69, 9.17) is 14.8 Å². The second-order valence-electron chi connectivity index (χ2n) is 2.64. The molecule has 7 heteroatoms. The van der Waals surface area contributed by atoms with Crippen molar-refractivity contribution in [1.29, 1.82) is 0 Å². The summed E-state index contributed by atoms with van der Waals surface area (Å²) in [7, 11) is -4.70. The number of aryl methyl sites for hydroxylation is 1. The molecule has 0 bridgehead atoms. The minimum atomic E-state index is -4.70. The van der Waals surface area contributed by atoms with Gasteiger partial charge in [0.05, 0.1) is 0 Å². The predicted molar refractivity (Wildman–Crippen MR) is 46.7 cm³/mol. The Hall–Kier alpha value is -1.47. The summed E-state index contributed by atoms with van der Waals surface area (Å²) in [5.74, 6) is -1.79. The van der Waals surface area contributed by atoms with Gasteiger partial charge in [-0.25, -0.2) is 0 Å². The SMILES string of the molecule is Cc1cc(O)c(O)c(OS(=O)(=O)O)c1. The van der Waals surface area contributed by atoms with Crippen molar-refractivity contribution >= 4 is 10.4 Å². The summed E-state index contributed by atoms with van der Waals surface area (Å²) in [6.45, 7) is 1.55. The van der Waals surface area contributed by atoms with Crippen molar-refractivity contribution in [2.24, 2.45) is 0 Å². The fourth-order valence-corrected chi connectivity index (χ4v) is 1.26. The van der Waals surface area contributed by atoms with Gasteiger partial charge in [-0.15, -0.1) is 0 Å². The lowest BCUT2D eigenvalue weighted by molar-refractivity contribution is 0.357. The zero-order valence-electron chi connectivity index (χ0n) is 7.13. The quantitative estimate of drug-likeness (QED) is 0.497. The smallest absolute Gasteiger partial charge is 0.446 e. The molecule has 0 fully saturated rings. The molecule has 0 heterocycles. The van der Waals surface area contributed by atoms with Crippen molar-refractivity contribution < 1.29 is 27.4 Å². The minimum absolute atomic E-state index is 0.471. The van der Waals surface area contributed by atoms with Gasteiger partial charge in [0.15, 0.2) is 11.5 Å². The molecule has 0 amide bonds. The second-order valence-corrected chi connectivity index (χ2v) is 3.66. The highest BCUT2D eigenvalue weighted by atomic mass is 32.3. The van der Waals surface area contributed by atoms with Gasteiger partial charge in [0.1, 0.15) is 0 Å². The number of aromatic hydroxyl groups is 2. The first-order chi connectivity index (χ1) is 6.29. The minimum Gasteiger partial charge on any atom is -0.504 e. The molecule has 1 aromatic carbocycles. The largest absolute Gasteiger partial charge is 0.504 e. The van der Waals surface area contributed by atoms with Crippen LogP contribution < -0.4 is 4.18 Å². The van der Waals surface area contributed by atoms with Crippen LogP contribution in [-0.4, -0.2) is 23.2 Å². The Kier molecular flexibility index (Phi) is 2.54. The third-order valence-corrected chi connectivity index (χ3v) is 1.78. The monoisotopic (exact) mass is 220 g/mol. The summed E-state index contributed by atoms with van der Waals surface area (Å²) >= 11 is 0. The van der Waals surface area contributed by atoms with E-state index in [1.807, 2.05) is 0 Å². The van der Waals surface area contributed by atoms with Gasteiger partial charge in [-0.2, -0.15) is 8.42 Å². The first kappa shape index (κ1) is 10.6. The van der Waals surface area contributed by atoms with E-state index in [-0.39, 0.29) is 0 Å². The van der Waals surface area contributed by atoms with Crippen molar-refractivity contribution in [3.05, 3.63) is 17.7 Å². The van der Waals surface area contributed by atoms with E-state index >= 15 is 0 Å². The lowest BCUT2D eigenvalue weighted by Crippen LogP contribution is -2.06. The molecule has 1 rings (SSSR count). The van der Waals surface area contributed by atoms with Gasteiger partial charge in [-0.1, -0.05) is 0 Å². The topological polar surface area (TPSA) is 104 Å². The Balaban J connectivity index is 3.22. The maximum atomic E-state index is 10.3. The van der Waals surface area contributed by atoms with Crippen LogP contribution >= 0.6 is 0 Å². The first-order valence-electron chi connectivity index (χ1n) is 3.49. The lowest BCUT2D eigenvalue weighted by atomic mass is 10.2. The van der Waals surface area contributed by atoms with Crippen LogP contribution in [0.5, 0.6) is 17.2 Å². The number of hydrogen-bond acceptors (Lipinski definition) is 5. The van der Waals surface area contributed by atoms with Crippen molar-refractivity contribution in [3.63, 3.8) is 0 Å². The fourth-order valence-electron chi connectivity index (χ4n) is 0.904. The molecule has 0 unspecified atom stereocenters. The molecule has 0 radical (unpaired) electrons. The fraction of sp³-hybridized carbons (Fsp3) is 0.143. The second kappa shape index (κ2) is 3.35. The third-order valence-electron chi connectivity index (χ3n) is 1.39. The van der Waals surface area contributed by atoms with Crippen LogP contribution in [0.2, 0.25) is 0 Å². The van der Waals surface area contributed by atoms with Gasteiger partial charge in [-0.3, -0.25) is 4.55 Å². The third kappa shape index (κ3) is 2.51. The van der Waals surface area contributed by atoms with Crippen LogP contribution in [0.15, 0.2) is 12.1 Å². The van der Waals surface area contributed by atoms with Crippen LogP contribution in [0.3, 0.4) is 0 Å². The molecule has 0 saturated carbocycles. The molecule has 0 aromatic heterocycles.